The maximum absolute atomic E-state index is 13.9. The van der Waals surface area contributed by atoms with E-state index in [2.05, 4.69) is 17.6 Å². The van der Waals surface area contributed by atoms with Crippen molar-refractivity contribution >= 4 is 23.6 Å². The van der Waals surface area contributed by atoms with Crippen molar-refractivity contribution in [3.8, 4) is 0 Å². The van der Waals surface area contributed by atoms with Crippen LogP contribution in [0.5, 0.6) is 0 Å². The minimum atomic E-state index is -1.27. The molecule has 8 heteroatoms. The third kappa shape index (κ3) is 9.49. The minimum Gasteiger partial charge on any atom is -0.444 e. The highest BCUT2D eigenvalue weighted by molar-refractivity contribution is 5.99. The molecule has 2 unspecified atom stereocenters. The molecule has 0 aromatic heterocycles. The van der Waals surface area contributed by atoms with Crippen molar-refractivity contribution in [3.05, 3.63) is 65.2 Å². The van der Waals surface area contributed by atoms with E-state index in [1.807, 2.05) is 62.4 Å². The van der Waals surface area contributed by atoms with Gasteiger partial charge in [-0.05, 0) is 58.2 Å². The van der Waals surface area contributed by atoms with Gasteiger partial charge in [0.2, 0.25) is 5.91 Å². The Morgan fingerprint density at radius 1 is 0.974 bits per heavy atom. The summed E-state index contributed by atoms with van der Waals surface area (Å²) in [6.45, 7) is 10.7. The summed E-state index contributed by atoms with van der Waals surface area (Å²) >= 11 is 0. The molecule has 0 saturated carbocycles. The first-order chi connectivity index (χ1) is 18.0. The fourth-order valence-electron chi connectivity index (χ4n) is 4.05. The van der Waals surface area contributed by atoms with Crippen molar-refractivity contribution in [3.63, 3.8) is 0 Å². The fraction of sp³-hybridized carbons (Fsp3) is 0.500. The molecule has 0 bridgehead atoms. The number of aliphatic hydroxyl groups excluding tert-OH is 1. The summed E-state index contributed by atoms with van der Waals surface area (Å²) in [5, 5.41) is 15.5. The van der Waals surface area contributed by atoms with E-state index >= 15 is 0 Å². The Bertz CT molecular complexity index is 1060. The molecule has 2 aromatic rings. The smallest absolute Gasteiger partial charge is 0.408 e. The van der Waals surface area contributed by atoms with Crippen LogP contribution < -0.4 is 10.6 Å². The Morgan fingerprint density at radius 2 is 1.63 bits per heavy atom. The summed E-state index contributed by atoms with van der Waals surface area (Å²) in [5.41, 5.74) is 2.43. The topological polar surface area (TPSA) is 108 Å². The van der Waals surface area contributed by atoms with Gasteiger partial charge in [-0.15, -0.1) is 0 Å². The van der Waals surface area contributed by atoms with Gasteiger partial charge in [0.05, 0.1) is 6.61 Å². The van der Waals surface area contributed by atoms with Gasteiger partial charge in [0.15, 0.2) is 0 Å². The number of aliphatic hydroxyl groups is 1. The van der Waals surface area contributed by atoms with Crippen LogP contribution in [0.25, 0.3) is 0 Å². The molecule has 208 valence electrons. The van der Waals surface area contributed by atoms with Gasteiger partial charge in [-0.1, -0.05) is 74.2 Å². The Labute approximate surface area is 226 Å². The third-order valence-corrected chi connectivity index (χ3v) is 6.06. The number of nitrogens with one attached hydrogen (secondary N) is 2. The quantitative estimate of drug-likeness (QED) is 0.327. The van der Waals surface area contributed by atoms with Crippen molar-refractivity contribution in [2.24, 2.45) is 0 Å². The monoisotopic (exact) mass is 525 g/mol. The maximum atomic E-state index is 13.9. The SMILES string of the molecule is CCCCCCN(C(=O)C(CO)NC(=O)OC(C)(C)C)C(C(=O)Nc1ccccc1C)c1ccc(C)cc1. The average molecular weight is 526 g/mol. The van der Waals surface area contributed by atoms with Gasteiger partial charge in [-0.3, -0.25) is 9.59 Å². The molecule has 0 radical (unpaired) electrons. The number of benzene rings is 2. The molecule has 2 atom stereocenters. The largest absolute Gasteiger partial charge is 0.444 e. The lowest BCUT2D eigenvalue weighted by Crippen LogP contribution is -2.54. The number of hydrogen-bond acceptors (Lipinski definition) is 5. The van der Waals surface area contributed by atoms with Crippen molar-refractivity contribution in [1.29, 1.82) is 0 Å². The number of carbonyl (C=O) groups excluding carboxylic acids is 3. The Kier molecular flexibility index (Phi) is 11.8. The number of carbonyl (C=O) groups is 3. The van der Waals surface area contributed by atoms with Gasteiger partial charge in [-0.25, -0.2) is 4.79 Å². The average Bonchev–Trinajstić information content (AvgIpc) is 2.85. The lowest BCUT2D eigenvalue weighted by Gasteiger charge is -2.34. The summed E-state index contributed by atoms with van der Waals surface area (Å²) in [5.74, 6) is -0.929. The Morgan fingerprint density at radius 3 is 2.21 bits per heavy atom. The van der Waals surface area contributed by atoms with Crippen LogP contribution in [0.2, 0.25) is 0 Å². The van der Waals surface area contributed by atoms with Crippen molar-refractivity contribution in [2.75, 3.05) is 18.5 Å². The highest BCUT2D eigenvalue weighted by Gasteiger charge is 2.36. The number of ether oxygens (including phenoxy) is 1. The number of aryl methyl sites for hydroxylation is 2. The van der Waals surface area contributed by atoms with Gasteiger partial charge in [0, 0.05) is 12.2 Å². The standard InChI is InChI=1S/C30H43N3O5/c1-7-8-9-12-19-33(28(36)25(20-34)32-29(37)38-30(4,5)6)26(23-17-15-21(2)16-18-23)27(35)31-24-14-11-10-13-22(24)3/h10-11,13-18,25-26,34H,7-9,12,19-20H2,1-6H3,(H,31,35)(H,32,37). The number of para-hydroxylation sites is 1. The molecule has 0 saturated heterocycles. The van der Waals surface area contributed by atoms with E-state index in [9.17, 15) is 19.5 Å². The van der Waals surface area contributed by atoms with Crippen LogP contribution in [0, 0.1) is 13.8 Å². The minimum absolute atomic E-state index is 0.283. The van der Waals surface area contributed by atoms with E-state index in [-0.39, 0.29) is 12.5 Å². The first kappa shape index (κ1) is 30.8. The first-order valence-corrected chi connectivity index (χ1v) is 13.3. The molecule has 0 aliphatic heterocycles. The van der Waals surface area contributed by atoms with Crippen molar-refractivity contribution in [1.82, 2.24) is 10.2 Å². The van der Waals surface area contributed by atoms with Crippen LogP contribution >= 0.6 is 0 Å². The summed E-state index contributed by atoms with van der Waals surface area (Å²) in [7, 11) is 0. The van der Waals surface area contributed by atoms with Gasteiger partial charge in [0.1, 0.15) is 17.7 Å². The normalized spacial score (nSPS) is 12.8. The van der Waals surface area contributed by atoms with Crippen molar-refractivity contribution < 1.29 is 24.2 Å². The number of rotatable bonds is 12. The molecule has 0 heterocycles. The number of hydrogen-bond donors (Lipinski definition) is 3. The van der Waals surface area contributed by atoms with Gasteiger partial charge < -0.3 is 25.4 Å². The molecule has 3 N–H and O–H groups in total. The molecule has 8 nitrogen and oxygen atoms in total. The fourth-order valence-corrected chi connectivity index (χ4v) is 4.05. The highest BCUT2D eigenvalue weighted by Crippen LogP contribution is 2.26. The van der Waals surface area contributed by atoms with Crippen LogP contribution in [0.1, 0.15) is 76.1 Å². The zero-order valence-electron chi connectivity index (χ0n) is 23.5. The third-order valence-electron chi connectivity index (χ3n) is 6.06. The van der Waals surface area contributed by atoms with E-state index < -0.39 is 36.3 Å². The maximum Gasteiger partial charge on any atom is 0.408 e. The van der Waals surface area contributed by atoms with Crippen LogP contribution in [-0.4, -0.2) is 52.7 Å². The molecule has 0 fully saturated rings. The summed E-state index contributed by atoms with van der Waals surface area (Å²) in [4.78, 5) is 41.6. The second-order valence-electron chi connectivity index (χ2n) is 10.6. The molecule has 2 rings (SSSR count). The summed E-state index contributed by atoms with van der Waals surface area (Å²) in [6, 6.07) is 12.7. The van der Waals surface area contributed by atoms with Crippen LogP contribution in [0.4, 0.5) is 10.5 Å². The molecule has 3 amide bonds. The summed E-state index contributed by atoms with van der Waals surface area (Å²) in [6.07, 6.45) is 2.75. The number of nitrogens with zero attached hydrogens (tertiary/aromatic N) is 1. The van der Waals surface area contributed by atoms with E-state index in [1.165, 1.54) is 4.90 Å². The van der Waals surface area contributed by atoms with Crippen LogP contribution in [0.3, 0.4) is 0 Å². The van der Waals surface area contributed by atoms with Crippen molar-refractivity contribution in [2.45, 2.75) is 84.9 Å². The number of unbranched alkanes of at least 4 members (excludes halogenated alkanes) is 3. The van der Waals surface area contributed by atoms with Gasteiger partial charge >= 0.3 is 6.09 Å². The van der Waals surface area contributed by atoms with E-state index in [0.717, 1.165) is 30.4 Å². The Hall–Kier alpha value is -3.39. The molecule has 38 heavy (non-hydrogen) atoms. The van der Waals surface area contributed by atoms with Crippen LogP contribution in [0.15, 0.2) is 48.5 Å². The lowest BCUT2D eigenvalue weighted by molar-refractivity contribution is -0.141. The number of alkyl carbamates (subject to hydrolysis) is 1. The number of anilines is 1. The molecule has 0 spiro atoms. The van der Waals surface area contributed by atoms with Gasteiger partial charge in [0.25, 0.3) is 5.91 Å². The van der Waals surface area contributed by atoms with E-state index in [1.54, 1.807) is 20.8 Å². The number of amides is 3. The summed E-state index contributed by atoms with van der Waals surface area (Å²) < 4.78 is 5.30. The molecule has 0 aliphatic rings. The predicted molar refractivity (Wildman–Crippen MR) is 150 cm³/mol. The first-order valence-electron chi connectivity index (χ1n) is 13.3. The molecule has 0 aliphatic carbocycles. The second-order valence-corrected chi connectivity index (χ2v) is 10.6. The second kappa shape index (κ2) is 14.5. The van der Waals surface area contributed by atoms with Gasteiger partial charge in [-0.2, -0.15) is 0 Å². The van der Waals surface area contributed by atoms with Crippen LogP contribution in [-0.2, 0) is 14.3 Å². The predicted octanol–water partition coefficient (Wildman–Crippen LogP) is 5.28. The highest BCUT2D eigenvalue weighted by atomic mass is 16.6. The van der Waals surface area contributed by atoms with E-state index in [4.69, 9.17) is 4.74 Å². The molecular weight excluding hydrogens is 482 g/mol. The lowest BCUT2D eigenvalue weighted by atomic mass is 10.0. The zero-order chi connectivity index (χ0) is 28.3. The molecular formula is C30H43N3O5. The Balaban J connectivity index is 2.47. The van der Waals surface area contributed by atoms with E-state index in [0.29, 0.717) is 17.7 Å². The molecule has 2 aromatic carbocycles. The zero-order valence-corrected chi connectivity index (χ0v) is 23.5.